The van der Waals surface area contributed by atoms with E-state index in [1.807, 2.05) is 18.2 Å². The quantitative estimate of drug-likeness (QED) is 0.0815. The minimum absolute atomic E-state index is 0. The summed E-state index contributed by atoms with van der Waals surface area (Å²) in [6.07, 6.45) is 29.5. The van der Waals surface area contributed by atoms with Crippen LogP contribution in [0.4, 0.5) is 0 Å². The van der Waals surface area contributed by atoms with Crippen molar-refractivity contribution in [1.29, 1.82) is 0 Å². The van der Waals surface area contributed by atoms with E-state index in [4.69, 9.17) is 0 Å². The van der Waals surface area contributed by atoms with Crippen molar-refractivity contribution in [3.63, 3.8) is 0 Å². The Bertz CT molecular complexity index is 511. The van der Waals surface area contributed by atoms with Gasteiger partial charge in [0.25, 0.3) is 0 Å². The van der Waals surface area contributed by atoms with Gasteiger partial charge in [-0.15, -0.1) is 19.7 Å². The topological polar surface area (TPSA) is 120 Å². The SMILES string of the molecule is C=CCCCCCCCCC(=O)[O-].C=CCCCCCCCCC(=O)[O-].C=CCCCCCCCCC(=O)[O-].[In+3]. The van der Waals surface area contributed by atoms with E-state index in [1.54, 1.807) is 0 Å². The number of hydrogen-bond donors (Lipinski definition) is 0. The molecule has 7 heteroatoms. The minimum atomic E-state index is -0.924. The first-order valence-electron chi connectivity index (χ1n) is 15.2. The van der Waals surface area contributed by atoms with Crippen LogP contribution < -0.4 is 15.3 Å². The van der Waals surface area contributed by atoms with Gasteiger partial charge < -0.3 is 29.7 Å². The van der Waals surface area contributed by atoms with Gasteiger partial charge in [-0.2, -0.15) is 0 Å². The van der Waals surface area contributed by atoms with E-state index < -0.39 is 17.9 Å². The number of hydrogen-bond acceptors (Lipinski definition) is 6. The molecule has 0 spiro atoms. The summed E-state index contributed by atoms with van der Waals surface area (Å²) in [4.78, 5) is 30.2. The molecule has 0 aliphatic heterocycles. The van der Waals surface area contributed by atoms with Crippen LogP contribution in [0, 0.1) is 0 Å². The zero-order valence-corrected chi connectivity index (χ0v) is 28.6. The van der Waals surface area contributed by atoms with Crippen molar-refractivity contribution in [2.45, 2.75) is 154 Å². The molecule has 0 N–H and O–H groups in total. The molecular weight excluding hydrogens is 607 g/mol. The fourth-order valence-electron chi connectivity index (χ4n) is 3.80. The smallest absolute Gasteiger partial charge is 0.550 e. The minimum Gasteiger partial charge on any atom is -0.550 e. The third-order valence-corrected chi connectivity index (χ3v) is 6.12. The van der Waals surface area contributed by atoms with E-state index in [-0.39, 0.29) is 45.1 Å². The Hall–Kier alpha value is -1.50. The maximum atomic E-state index is 10.1. The van der Waals surface area contributed by atoms with Crippen LogP contribution in [0.25, 0.3) is 0 Å². The van der Waals surface area contributed by atoms with Gasteiger partial charge in [-0.05, 0) is 77.0 Å². The molecule has 40 heavy (non-hydrogen) atoms. The number of carboxylic acid groups (broad SMARTS) is 3. The largest absolute Gasteiger partial charge is 3.00 e. The summed E-state index contributed by atoms with van der Waals surface area (Å²) in [6, 6.07) is 0. The molecule has 0 amide bonds. The molecule has 0 radical (unpaired) electrons. The molecule has 0 rings (SSSR count). The number of aliphatic carboxylic acids is 3. The van der Waals surface area contributed by atoms with Crippen molar-refractivity contribution in [2.75, 3.05) is 0 Å². The van der Waals surface area contributed by atoms with Gasteiger partial charge in [-0.25, -0.2) is 0 Å². The molecule has 0 atom stereocenters. The van der Waals surface area contributed by atoms with E-state index in [9.17, 15) is 29.7 Å². The normalized spacial score (nSPS) is 9.60. The summed E-state index contributed by atoms with van der Waals surface area (Å²) in [5.74, 6) is -2.77. The number of rotatable bonds is 27. The van der Waals surface area contributed by atoms with Crippen LogP contribution in [0.1, 0.15) is 154 Å². The molecule has 0 saturated heterocycles. The van der Waals surface area contributed by atoms with Crippen molar-refractivity contribution in [2.24, 2.45) is 0 Å². The van der Waals surface area contributed by atoms with Gasteiger partial charge >= 0.3 is 25.8 Å². The van der Waals surface area contributed by atoms with Gasteiger partial charge in [-0.3, -0.25) is 0 Å². The van der Waals surface area contributed by atoms with Crippen LogP contribution in [0.15, 0.2) is 38.0 Å². The zero-order valence-electron chi connectivity index (χ0n) is 25.4. The van der Waals surface area contributed by atoms with Crippen LogP contribution >= 0.6 is 0 Å². The van der Waals surface area contributed by atoms with Crippen molar-refractivity contribution < 1.29 is 29.7 Å². The van der Waals surface area contributed by atoms with Crippen LogP contribution in [-0.4, -0.2) is 43.8 Å². The molecule has 0 saturated carbocycles. The Morgan fingerprint density at radius 1 is 0.375 bits per heavy atom. The van der Waals surface area contributed by atoms with Crippen LogP contribution in [-0.2, 0) is 14.4 Å². The third-order valence-electron chi connectivity index (χ3n) is 6.12. The third kappa shape index (κ3) is 56.6. The van der Waals surface area contributed by atoms with Crippen LogP contribution in [0.5, 0.6) is 0 Å². The van der Waals surface area contributed by atoms with E-state index >= 15 is 0 Å². The van der Waals surface area contributed by atoms with E-state index in [2.05, 4.69) is 19.7 Å². The molecule has 0 aromatic carbocycles. The summed E-state index contributed by atoms with van der Waals surface area (Å²) in [7, 11) is 0. The number of carbonyl (C=O) groups is 3. The van der Waals surface area contributed by atoms with Gasteiger partial charge in [0.05, 0.1) is 0 Å². The molecule has 0 aromatic rings. The zero-order chi connectivity index (χ0) is 29.8. The maximum absolute atomic E-state index is 10.1. The molecule has 0 aliphatic carbocycles. The predicted molar refractivity (Wildman–Crippen MR) is 162 cm³/mol. The number of carboxylic acids is 3. The molecule has 6 nitrogen and oxygen atoms in total. The van der Waals surface area contributed by atoms with E-state index in [0.29, 0.717) is 0 Å². The Kier molecular flexibility index (Phi) is 47.7. The standard InChI is InChI=1S/3C11H20O2.In/c3*1-2-3-4-5-6-7-8-9-10-11(12)13;/h3*2H,1,3-10H2,(H,12,13);/q;;;+3/p-3. The van der Waals surface area contributed by atoms with Gasteiger partial charge in [0.2, 0.25) is 0 Å². The molecule has 0 fully saturated rings. The fraction of sp³-hybridized carbons (Fsp3) is 0.727. The molecular formula is C33H57InO6. The summed E-state index contributed by atoms with van der Waals surface area (Å²) < 4.78 is 0. The van der Waals surface area contributed by atoms with Gasteiger partial charge in [-0.1, -0.05) is 95.3 Å². The van der Waals surface area contributed by atoms with Crippen molar-refractivity contribution in [3.8, 4) is 0 Å². The monoisotopic (exact) mass is 664 g/mol. The van der Waals surface area contributed by atoms with Crippen LogP contribution in [0.3, 0.4) is 0 Å². The summed E-state index contributed by atoms with van der Waals surface area (Å²) >= 11 is 0. The Balaban J connectivity index is -0.000000240. The summed E-state index contributed by atoms with van der Waals surface area (Å²) in [6.45, 7) is 11.0. The van der Waals surface area contributed by atoms with Gasteiger partial charge in [0.15, 0.2) is 0 Å². The van der Waals surface area contributed by atoms with Crippen LogP contribution in [0.2, 0.25) is 0 Å². The van der Waals surface area contributed by atoms with E-state index in [0.717, 1.165) is 77.0 Å². The first kappa shape index (κ1) is 45.5. The number of allylic oxidation sites excluding steroid dienone is 3. The molecule has 228 valence electrons. The van der Waals surface area contributed by atoms with Gasteiger partial charge in [0, 0.05) is 17.9 Å². The molecule has 0 unspecified atom stereocenters. The van der Waals surface area contributed by atoms with Crippen molar-refractivity contribution in [3.05, 3.63) is 38.0 Å². The maximum Gasteiger partial charge on any atom is 3.00 e. The second kappa shape index (κ2) is 42.0. The number of carbonyl (C=O) groups excluding carboxylic acids is 3. The second-order valence-corrected chi connectivity index (χ2v) is 9.96. The first-order chi connectivity index (χ1) is 18.8. The average Bonchev–Trinajstić information content (AvgIpc) is 2.89. The van der Waals surface area contributed by atoms with Crippen molar-refractivity contribution in [1.82, 2.24) is 0 Å². The summed E-state index contributed by atoms with van der Waals surface area (Å²) in [5, 5.41) is 30.2. The molecule has 0 aromatic heterocycles. The fourth-order valence-corrected chi connectivity index (χ4v) is 3.80. The van der Waals surface area contributed by atoms with E-state index in [1.165, 1.54) is 57.8 Å². The Morgan fingerprint density at radius 3 is 0.725 bits per heavy atom. The predicted octanol–water partition coefficient (Wildman–Crippen LogP) is 5.75. The molecule has 0 heterocycles. The number of unbranched alkanes of at least 4 members (excludes halogenated alkanes) is 18. The Labute approximate surface area is 264 Å². The summed E-state index contributed by atoms with van der Waals surface area (Å²) in [5.41, 5.74) is 0. The second-order valence-electron chi connectivity index (χ2n) is 9.96. The molecule has 0 bridgehead atoms. The van der Waals surface area contributed by atoms with Crippen molar-refractivity contribution >= 4 is 43.8 Å². The van der Waals surface area contributed by atoms with Gasteiger partial charge in [0.1, 0.15) is 0 Å². The first-order valence-corrected chi connectivity index (χ1v) is 15.2. The average molecular weight is 665 g/mol. The Morgan fingerprint density at radius 2 is 0.550 bits per heavy atom. The molecule has 0 aliphatic rings.